The number of nitrogens with zero attached hydrogens (tertiary/aromatic N) is 2. The number of nitrogens with one attached hydrogen (secondary N) is 1. The topological polar surface area (TPSA) is 55.9 Å². The summed E-state index contributed by atoms with van der Waals surface area (Å²) in [7, 11) is 1.94. The molecule has 3 N–H and O–H groups in total. The molecule has 0 aliphatic carbocycles. The molecule has 2 atom stereocenters. The molecule has 0 bridgehead atoms. The molecule has 1 aromatic heterocycles. The lowest BCUT2D eigenvalue weighted by Gasteiger charge is -2.21. The van der Waals surface area contributed by atoms with Crippen molar-refractivity contribution in [3.8, 4) is 0 Å². The van der Waals surface area contributed by atoms with Gasteiger partial charge in [0, 0.05) is 25.7 Å². The maximum Gasteiger partial charge on any atom is 0.124 e. The Morgan fingerprint density at radius 3 is 2.58 bits per heavy atom. The van der Waals surface area contributed by atoms with Gasteiger partial charge in [-0.15, -0.1) is 0 Å². The van der Waals surface area contributed by atoms with Crippen LogP contribution in [0.4, 0.5) is 5.82 Å². The summed E-state index contributed by atoms with van der Waals surface area (Å²) in [4.78, 5) is 0. The van der Waals surface area contributed by atoms with E-state index in [-0.39, 0.29) is 6.04 Å². The summed E-state index contributed by atoms with van der Waals surface area (Å²) >= 11 is 0. The highest BCUT2D eigenvalue weighted by Crippen LogP contribution is 2.19. The van der Waals surface area contributed by atoms with Crippen molar-refractivity contribution in [3.05, 3.63) is 47.7 Å². The second-order valence-corrected chi connectivity index (χ2v) is 5.09. The van der Waals surface area contributed by atoms with Crippen molar-refractivity contribution in [1.29, 1.82) is 0 Å². The van der Waals surface area contributed by atoms with Gasteiger partial charge < -0.3 is 11.1 Å². The standard InChI is InChI=1S/C15H22N4/c1-11(15(16)13-7-5-4-6-8-13)10-17-14-9-12(2)18-19(14)3/h4-9,11,15,17H,10,16H2,1-3H3. The number of rotatable bonds is 5. The number of benzene rings is 1. The first-order valence-electron chi connectivity index (χ1n) is 6.63. The molecule has 0 fully saturated rings. The van der Waals surface area contributed by atoms with Crippen molar-refractivity contribution in [3.63, 3.8) is 0 Å². The third-order valence-corrected chi connectivity index (χ3v) is 3.40. The minimum absolute atomic E-state index is 0.0445. The molecule has 0 saturated heterocycles. The van der Waals surface area contributed by atoms with E-state index in [9.17, 15) is 0 Å². The number of anilines is 1. The predicted molar refractivity (Wildman–Crippen MR) is 79.0 cm³/mol. The molecule has 2 unspecified atom stereocenters. The molecular formula is C15H22N4. The first kappa shape index (κ1) is 13.6. The summed E-state index contributed by atoms with van der Waals surface area (Å²) in [6.45, 7) is 4.98. The highest BCUT2D eigenvalue weighted by Gasteiger charge is 2.15. The molecule has 0 saturated carbocycles. The maximum absolute atomic E-state index is 6.28. The Labute approximate surface area is 114 Å². The molecule has 2 aromatic rings. The second kappa shape index (κ2) is 5.89. The van der Waals surface area contributed by atoms with Gasteiger partial charge in [-0.2, -0.15) is 5.10 Å². The van der Waals surface area contributed by atoms with Crippen LogP contribution in [0.5, 0.6) is 0 Å². The summed E-state index contributed by atoms with van der Waals surface area (Å²) in [5.74, 6) is 1.38. The molecule has 0 spiro atoms. The van der Waals surface area contributed by atoms with E-state index in [1.165, 1.54) is 5.56 Å². The summed E-state index contributed by atoms with van der Waals surface area (Å²) in [5.41, 5.74) is 8.48. The molecule has 0 radical (unpaired) electrons. The number of hydrogen-bond donors (Lipinski definition) is 2. The van der Waals surface area contributed by atoms with E-state index in [1.54, 1.807) is 0 Å². The third-order valence-electron chi connectivity index (χ3n) is 3.40. The third kappa shape index (κ3) is 3.35. The molecular weight excluding hydrogens is 236 g/mol. The average molecular weight is 258 g/mol. The van der Waals surface area contributed by atoms with Gasteiger partial charge in [0.15, 0.2) is 0 Å². The van der Waals surface area contributed by atoms with Gasteiger partial charge in [0.1, 0.15) is 5.82 Å². The first-order chi connectivity index (χ1) is 9.08. The number of aromatic nitrogens is 2. The SMILES string of the molecule is Cc1cc(NCC(C)C(N)c2ccccc2)n(C)n1. The molecule has 2 rings (SSSR count). The van der Waals surface area contributed by atoms with Crippen molar-refractivity contribution < 1.29 is 0 Å². The van der Waals surface area contributed by atoms with E-state index in [2.05, 4.69) is 29.5 Å². The van der Waals surface area contributed by atoms with Crippen LogP contribution in [0.3, 0.4) is 0 Å². The number of hydrogen-bond acceptors (Lipinski definition) is 3. The van der Waals surface area contributed by atoms with Crippen LogP contribution in [0.25, 0.3) is 0 Å². The van der Waals surface area contributed by atoms with Gasteiger partial charge in [0.25, 0.3) is 0 Å². The van der Waals surface area contributed by atoms with Gasteiger partial charge >= 0.3 is 0 Å². The van der Waals surface area contributed by atoms with Gasteiger partial charge in [-0.25, -0.2) is 0 Å². The summed E-state index contributed by atoms with van der Waals surface area (Å²) in [5, 5.41) is 7.72. The lowest BCUT2D eigenvalue weighted by atomic mass is 9.95. The van der Waals surface area contributed by atoms with Gasteiger partial charge in [0.05, 0.1) is 5.69 Å². The van der Waals surface area contributed by atoms with Crippen molar-refractivity contribution in [2.45, 2.75) is 19.9 Å². The van der Waals surface area contributed by atoms with E-state index in [1.807, 2.05) is 42.9 Å². The second-order valence-electron chi connectivity index (χ2n) is 5.09. The van der Waals surface area contributed by atoms with E-state index >= 15 is 0 Å². The normalized spacial score (nSPS) is 14.1. The lowest BCUT2D eigenvalue weighted by Crippen LogP contribution is -2.25. The number of nitrogens with two attached hydrogens (primary N) is 1. The van der Waals surface area contributed by atoms with Crippen molar-refractivity contribution in [1.82, 2.24) is 9.78 Å². The van der Waals surface area contributed by atoms with Gasteiger partial charge in [0.2, 0.25) is 0 Å². The maximum atomic E-state index is 6.28. The van der Waals surface area contributed by atoms with Crippen LogP contribution in [0.2, 0.25) is 0 Å². The molecule has 4 heteroatoms. The van der Waals surface area contributed by atoms with Crippen LogP contribution < -0.4 is 11.1 Å². The zero-order valence-corrected chi connectivity index (χ0v) is 11.8. The van der Waals surface area contributed by atoms with Crippen LogP contribution in [0.15, 0.2) is 36.4 Å². The molecule has 19 heavy (non-hydrogen) atoms. The van der Waals surface area contributed by atoms with Gasteiger partial charge in [-0.1, -0.05) is 37.3 Å². The average Bonchev–Trinajstić information content (AvgIpc) is 2.74. The fraction of sp³-hybridized carbons (Fsp3) is 0.400. The van der Waals surface area contributed by atoms with Crippen LogP contribution in [-0.2, 0) is 7.05 Å². The zero-order chi connectivity index (χ0) is 13.8. The summed E-state index contributed by atoms with van der Waals surface area (Å²) < 4.78 is 1.86. The molecule has 1 aromatic carbocycles. The molecule has 102 valence electrons. The van der Waals surface area contributed by atoms with E-state index in [0.29, 0.717) is 5.92 Å². The molecule has 0 aliphatic heterocycles. The molecule has 0 amide bonds. The monoisotopic (exact) mass is 258 g/mol. The first-order valence-corrected chi connectivity index (χ1v) is 6.63. The quantitative estimate of drug-likeness (QED) is 0.866. The zero-order valence-electron chi connectivity index (χ0n) is 11.8. The Kier molecular flexibility index (Phi) is 4.22. The fourth-order valence-electron chi connectivity index (χ4n) is 2.17. The van der Waals surface area contributed by atoms with Crippen molar-refractivity contribution in [2.75, 3.05) is 11.9 Å². The molecule has 4 nitrogen and oxygen atoms in total. The van der Waals surface area contributed by atoms with Gasteiger partial charge in [-0.05, 0) is 18.4 Å². The van der Waals surface area contributed by atoms with Crippen molar-refractivity contribution >= 4 is 5.82 Å². The van der Waals surface area contributed by atoms with E-state index < -0.39 is 0 Å². The Bertz CT molecular complexity index is 518. The van der Waals surface area contributed by atoms with Crippen LogP contribution in [0, 0.1) is 12.8 Å². The summed E-state index contributed by atoms with van der Waals surface area (Å²) in [6.07, 6.45) is 0. The van der Waals surface area contributed by atoms with Crippen molar-refractivity contribution in [2.24, 2.45) is 18.7 Å². The fourth-order valence-corrected chi connectivity index (χ4v) is 2.17. The molecule has 1 heterocycles. The Hall–Kier alpha value is -1.81. The minimum Gasteiger partial charge on any atom is -0.370 e. The smallest absolute Gasteiger partial charge is 0.124 e. The summed E-state index contributed by atoms with van der Waals surface area (Å²) in [6, 6.07) is 12.3. The minimum atomic E-state index is 0.0445. The van der Waals surface area contributed by atoms with Crippen LogP contribution in [0.1, 0.15) is 24.2 Å². The highest BCUT2D eigenvalue weighted by molar-refractivity contribution is 5.36. The van der Waals surface area contributed by atoms with Gasteiger partial charge in [-0.3, -0.25) is 4.68 Å². The highest BCUT2D eigenvalue weighted by atomic mass is 15.3. The predicted octanol–water partition coefficient (Wildman–Crippen LogP) is 2.48. The van der Waals surface area contributed by atoms with E-state index in [0.717, 1.165) is 18.1 Å². The largest absolute Gasteiger partial charge is 0.370 e. The van der Waals surface area contributed by atoms with Crippen LogP contribution >= 0.6 is 0 Å². The Morgan fingerprint density at radius 1 is 1.32 bits per heavy atom. The van der Waals surface area contributed by atoms with E-state index in [4.69, 9.17) is 5.73 Å². The number of aryl methyl sites for hydroxylation is 2. The van der Waals surface area contributed by atoms with Crippen LogP contribution in [-0.4, -0.2) is 16.3 Å². The Morgan fingerprint density at radius 2 is 2.00 bits per heavy atom. The Balaban J connectivity index is 1.94. The molecule has 0 aliphatic rings. The lowest BCUT2D eigenvalue weighted by molar-refractivity contribution is 0.491.